The zero-order valence-electron chi connectivity index (χ0n) is 15.4. The fourth-order valence-electron chi connectivity index (χ4n) is 2.92. The first-order valence-corrected chi connectivity index (χ1v) is 10.5. The van der Waals surface area contributed by atoms with Crippen LogP contribution in [0, 0.1) is 0 Å². The number of halogens is 1. The maximum Gasteiger partial charge on any atom is 0.161 e. The van der Waals surface area contributed by atoms with Crippen molar-refractivity contribution in [3.8, 4) is 17.1 Å². The van der Waals surface area contributed by atoms with Crippen molar-refractivity contribution in [2.45, 2.75) is 17.7 Å². The molecule has 0 aliphatic carbocycles. The molecule has 0 saturated carbocycles. The molecule has 0 aliphatic rings. The molecule has 0 atom stereocenters. The zero-order chi connectivity index (χ0) is 19.3. The van der Waals surface area contributed by atoms with Gasteiger partial charge >= 0.3 is 0 Å². The van der Waals surface area contributed by atoms with Crippen LogP contribution in [-0.4, -0.2) is 16.6 Å². The summed E-state index contributed by atoms with van der Waals surface area (Å²) in [5, 5.41) is 2.68. The number of hydrogen-bond donors (Lipinski definition) is 0. The topological polar surface area (TPSA) is 35.0 Å². The molecule has 0 saturated heterocycles. The zero-order valence-corrected chi connectivity index (χ0v) is 17.0. The lowest BCUT2D eigenvalue weighted by Crippen LogP contribution is -1.96. The average molecular weight is 407 g/mol. The van der Waals surface area contributed by atoms with Gasteiger partial charge in [0, 0.05) is 21.7 Å². The van der Waals surface area contributed by atoms with E-state index in [2.05, 4.69) is 0 Å². The van der Waals surface area contributed by atoms with E-state index in [1.807, 2.05) is 79.7 Å². The normalized spacial score (nSPS) is 10.9. The van der Waals surface area contributed by atoms with E-state index in [-0.39, 0.29) is 0 Å². The number of aromatic nitrogens is 2. The third-order valence-corrected chi connectivity index (χ3v) is 5.71. The summed E-state index contributed by atoms with van der Waals surface area (Å²) in [5.74, 6) is 2.28. The van der Waals surface area contributed by atoms with Crippen molar-refractivity contribution in [2.75, 3.05) is 6.61 Å². The number of fused-ring (bicyclic) bond motifs is 1. The van der Waals surface area contributed by atoms with Gasteiger partial charge in [-0.25, -0.2) is 9.97 Å². The minimum atomic E-state index is 0.622. The molecule has 0 bridgehead atoms. The van der Waals surface area contributed by atoms with Crippen LogP contribution in [0.4, 0.5) is 0 Å². The van der Waals surface area contributed by atoms with Crippen LogP contribution >= 0.6 is 23.4 Å². The lowest BCUT2D eigenvalue weighted by Gasteiger charge is -2.11. The summed E-state index contributed by atoms with van der Waals surface area (Å²) in [6, 6.07) is 23.9. The molecule has 1 heterocycles. The minimum Gasteiger partial charge on any atom is -0.494 e. The van der Waals surface area contributed by atoms with Crippen LogP contribution in [0.2, 0.25) is 5.02 Å². The van der Waals surface area contributed by atoms with Crippen molar-refractivity contribution in [1.82, 2.24) is 9.97 Å². The lowest BCUT2D eigenvalue weighted by atomic mass is 10.2. The lowest BCUT2D eigenvalue weighted by molar-refractivity contribution is 0.340. The first kappa shape index (κ1) is 18.8. The summed E-state index contributed by atoms with van der Waals surface area (Å²) < 4.78 is 5.68. The van der Waals surface area contributed by atoms with E-state index >= 15 is 0 Å². The maximum absolute atomic E-state index is 6.34. The second kappa shape index (κ2) is 8.63. The van der Waals surface area contributed by atoms with Crippen LogP contribution in [0.5, 0.6) is 5.75 Å². The first-order chi connectivity index (χ1) is 13.7. The Kier molecular flexibility index (Phi) is 5.79. The van der Waals surface area contributed by atoms with Gasteiger partial charge in [-0.3, -0.25) is 0 Å². The largest absolute Gasteiger partial charge is 0.494 e. The van der Waals surface area contributed by atoms with Gasteiger partial charge in [0.2, 0.25) is 0 Å². The summed E-state index contributed by atoms with van der Waals surface area (Å²) in [6.45, 7) is 2.60. The Morgan fingerprint density at radius 3 is 2.50 bits per heavy atom. The Bertz CT molecular complexity index is 1100. The van der Waals surface area contributed by atoms with Crippen molar-refractivity contribution in [3.05, 3.63) is 83.4 Å². The quantitative estimate of drug-likeness (QED) is 0.265. The predicted octanol–water partition coefficient (Wildman–Crippen LogP) is 6.64. The summed E-state index contributed by atoms with van der Waals surface area (Å²) in [4.78, 5) is 9.64. The van der Waals surface area contributed by atoms with Crippen molar-refractivity contribution in [2.24, 2.45) is 0 Å². The van der Waals surface area contributed by atoms with Gasteiger partial charge in [-0.05, 0) is 36.8 Å². The number of rotatable bonds is 6. The molecular formula is C23H19ClN2OS. The van der Waals surface area contributed by atoms with Gasteiger partial charge in [0.05, 0.1) is 12.1 Å². The fraction of sp³-hybridized carbons (Fsp3) is 0.130. The fourth-order valence-corrected chi connectivity index (χ4v) is 4.22. The molecule has 5 heteroatoms. The molecule has 4 aromatic rings. The van der Waals surface area contributed by atoms with Crippen molar-refractivity contribution in [1.29, 1.82) is 0 Å². The van der Waals surface area contributed by atoms with Gasteiger partial charge in [-0.15, -0.1) is 11.8 Å². The molecular weight excluding hydrogens is 388 g/mol. The Morgan fingerprint density at radius 1 is 0.929 bits per heavy atom. The van der Waals surface area contributed by atoms with Crippen LogP contribution < -0.4 is 4.74 Å². The van der Waals surface area contributed by atoms with Gasteiger partial charge in [0.25, 0.3) is 0 Å². The molecule has 28 heavy (non-hydrogen) atoms. The van der Waals surface area contributed by atoms with Gasteiger partial charge in [-0.1, -0.05) is 60.1 Å². The van der Waals surface area contributed by atoms with Crippen LogP contribution in [0.3, 0.4) is 0 Å². The Balaban J connectivity index is 1.78. The summed E-state index contributed by atoms with van der Waals surface area (Å²) in [6.07, 6.45) is 0. The highest BCUT2D eigenvalue weighted by molar-refractivity contribution is 7.98. The van der Waals surface area contributed by atoms with Crippen LogP contribution in [0.15, 0.2) is 77.8 Å². The number of hydrogen-bond acceptors (Lipinski definition) is 4. The monoisotopic (exact) mass is 406 g/mol. The van der Waals surface area contributed by atoms with Crippen molar-refractivity contribution >= 4 is 34.3 Å². The Morgan fingerprint density at radius 2 is 1.71 bits per heavy atom. The molecule has 140 valence electrons. The highest BCUT2D eigenvalue weighted by Gasteiger charge is 2.12. The summed E-state index contributed by atoms with van der Waals surface area (Å²) >= 11 is 8.00. The van der Waals surface area contributed by atoms with E-state index in [9.17, 15) is 0 Å². The maximum atomic E-state index is 6.34. The highest BCUT2D eigenvalue weighted by Crippen LogP contribution is 2.33. The van der Waals surface area contributed by atoms with E-state index in [0.29, 0.717) is 6.61 Å². The minimum absolute atomic E-state index is 0.622. The smallest absolute Gasteiger partial charge is 0.161 e. The molecule has 0 radical (unpaired) electrons. The Hall–Kier alpha value is -2.56. The number of thioether (sulfide) groups is 1. The van der Waals surface area contributed by atoms with Gasteiger partial charge < -0.3 is 4.74 Å². The van der Waals surface area contributed by atoms with E-state index in [0.717, 1.165) is 49.4 Å². The SMILES string of the molecule is CCOc1ccc2nc(-c3ccccc3)nc(SCc3ccccc3Cl)c2c1. The molecule has 3 aromatic carbocycles. The summed E-state index contributed by atoms with van der Waals surface area (Å²) in [7, 11) is 0. The number of nitrogens with zero attached hydrogens (tertiary/aromatic N) is 2. The van der Waals surface area contributed by atoms with Crippen molar-refractivity contribution < 1.29 is 4.74 Å². The molecule has 0 spiro atoms. The molecule has 0 N–H and O–H groups in total. The molecule has 3 nitrogen and oxygen atoms in total. The van der Waals surface area contributed by atoms with Crippen molar-refractivity contribution in [3.63, 3.8) is 0 Å². The predicted molar refractivity (Wildman–Crippen MR) is 117 cm³/mol. The Labute approximate surface area is 173 Å². The van der Waals surface area contributed by atoms with Gasteiger partial charge in [-0.2, -0.15) is 0 Å². The van der Waals surface area contributed by atoms with E-state index in [1.54, 1.807) is 11.8 Å². The summed E-state index contributed by atoms with van der Waals surface area (Å²) in [5.41, 5.74) is 2.99. The molecule has 0 aliphatic heterocycles. The number of benzene rings is 3. The van der Waals surface area contributed by atoms with Crippen LogP contribution in [-0.2, 0) is 5.75 Å². The van der Waals surface area contributed by atoms with Crippen LogP contribution in [0.1, 0.15) is 12.5 Å². The second-order valence-corrected chi connectivity index (χ2v) is 7.58. The van der Waals surface area contributed by atoms with E-state index < -0.39 is 0 Å². The van der Waals surface area contributed by atoms with E-state index in [1.165, 1.54) is 0 Å². The third kappa shape index (κ3) is 4.13. The first-order valence-electron chi connectivity index (χ1n) is 9.11. The van der Waals surface area contributed by atoms with E-state index in [4.69, 9.17) is 26.3 Å². The van der Waals surface area contributed by atoms with Gasteiger partial charge in [0.15, 0.2) is 5.82 Å². The highest BCUT2D eigenvalue weighted by atomic mass is 35.5. The molecule has 0 amide bonds. The van der Waals surface area contributed by atoms with Crippen LogP contribution in [0.25, 0.3) is 22.3 Å². The molecule has 4 rings (SSSR count). The average Bonchev–Trinajstić information content (AvgIpc) is 2.74. The molecule has 0 unspecified atom stereocenters. The third-order valence-electron chi connectivity index (χ3n) is 4.30. The molecule has 1 aromatic heterocycles. The molecule has 0 fully saturated rings. The number of ether oxygens (including phenoxy) is 1. The second-order valence-electron chi connectivity index (χ2n) is 6.21. The standard InChI is InChI=1S/C23H19ClN2OS/c1-2-27-18-12-13-21-19(14-18)23(28-15-17-10-6-7-11-20(17)24)26-22(25-21)16-8-4-3-5-9-16/h3-14H,2,15H2,1H3. The van der Waals surface area contributed by atoms with Gasteiger partial charge in [0.1, 0.15) is 10.8 Å².